The third-order valence-corrected chi connectivity index (χ3v) is 2.81. The van der Waals surface area contributed by atoms with Crippen LogP contribution in [-0.4, -0.2) is 9.78 Å². The smallest absolute Gasteiger partial charge is 0.204 e. The maximum absolute atomic E-state index is 11.6. The molecule has 2 aromatic rings. The zero-order valence-electron chi connectivity index (χ0n) is 9.77. The van der Waals surface area contributed by atoms with E-state index in [0.717, 1.165) is 16.9 Å². The molecule has 0 N–H and O–H groups in total. The van der Waals surface area contributed by atoms with Crippen LogP contribution in [0.5, 0.6) is 0 Å². The second-order valence-electron chi connectivity index (χ2n) is 3.98. The standard InChI is InChI=1S/C13H13ClN2O/c1-9-4-3-5-11(6-9)16-10(2)7-13(17)12(8-14)15-16/h3-7H,8H2,1-2H3. The Morgan fingerprint density at radius 1 is 1.29 bits per heavy atom. The van der Waals surface area contributed by atoms with Crippen molar-refractivity contribution in [3.8, 4) is 5.69 Å². The van der Waals surface area contributed by atoms with Crippen LogP contribution in [0.25, 0.3) is 5.69 Å². The van der Waals surface area contributed by atoms with Crippen molar-refractivity contribution in [2.45, 2.75) is 19.7 Å². The Hall–Kier alpha value is -1.61. The van der Waals surface area contributed by atoms with E-state index in [2.05, 4.69) is 5.10 Å². The first kappa shape index (κ1) is 11.9. The van der Waals surface area contributed by atoms with E-state index in [9.17, 15) is 4.79 Å². The molecule has 1 aromatic carbocycles. The van der Waals surface area contributed by atoms with Crippen molar-refractivity contribution in [3.05, 3.63) is 57.5 Å². The van der Waals surface area contributed by atoms with Gasteiger partial charge in [0.2, 0.25) is 5.43 Å². The molecule has 0 unspecified atom stereocenters. The van der Waals surface area contributed by atoms with E-state index in [4.69, 9.17) is 11.6 Å². The van der Waals surface area contributed by atoms with Gasteiger partial charge in [-0.3, -0.25) is 4.79 Å². The fourth-order valence-electron chi connectivity index (χ4n) is 1.70. The van der Waals surface area contributed by atoms with E-state index in [1.807, 2.05) is 38.1 Å². The molecule has 0 radical (unpaired) electrons. The highest BCUT2D eigenvalue weighted by Crippen LogP contribution is 2.11. The molecule has 0 spiro atoms. The summed E-state index contributed by atoms with van der Waals surface area (Å²) in [5.41, 5.74) is 3.15. The van der Waals surface area contributed by atoms with Crippen molar-refractivity contribution in [3.63, 3.8) is 0 Å². The summed E-state index contributed by atoms with van der Waals surface area (Å²) in [6.45, 7) is 3.87. The van der Waals surface area contributed by atoms with Crippen molar-refractivity contribution >= 4 is 11.6 Å². The number of rotatable bonds is 2. The Balaban J connectivity index is 2.63. The van der Waals surface area contributed by atoms with Crippen LogP contribution in [0.2, 0.25) is 0 Å². The molecule has 4 heteroatoms. The molecule has 88 valence electrons. The Kier molecular flexibility index (Phi) is 3.29. The Bertz CT molecular complexity index is 605. The van der Waals surface area contributed by atoms with E-state index < -0.39 is 0 Å². The second-order valence-corrected chi connectivity index (χ2v) is 4.25. The number of halogens is 1. The number of benzene rings is 1. The van der Waals surface area contributed by atoms with Crippen LogP contribution in [0.15, 0.2) is 35.1 Å². The predicted molar refractivity (Wildman–Crippen MR) is 68.9 cm³/mol. The van der Waals surface area contributed by atoms with E-state index in [0.29, 0.717) is 5.69 Å². The van der Waals surface area contributed by atoms with E-state index >= 15 is 0 Å². The lowest BCUT2D eigenvalue weighted by atomic mass is 10.2. The predicted octanol–water partition coefficient (Wildman–Crippen LogP) is 2.59. The number of aromatic nitrogens is 2. The minimum absolute atomic E-state index is 0.110. The zero-order chi connectivity index (χ0) is 12.4. The Morgan fingerprint density at radius 3 is 2.71 bits per heavy atom. The van der Waals surface area contributed by atoms with Crippen molar-refractivity contribution in [1.82, 2.24) is 9.78 Å². The average Bonchev–Trinajstić information content (AvgIpc) is 2.29. The molecular weight excluding hydrogens is 236 g/mol. The highest BCUT2D eigenvalue weighted by molar-refractivity contribution is 6.16. The third kappa shape index (κ3) is 2.39. The summed E-state index contributed by atoms with van der Waals surface area (Å²) >= 11 is 5.70. The lowest BCUT2D eigenvalue weighted by Crippen LogP contribution is -2.17. The van der Waals surface area contributed by atoms with Gasteiger partial charge in [-0.25, -0.2) is 4.68 Å². The van der Waals surface area contributed by atoms with Crippen molar-refractivity contribution < 1.29 is 0 Å². The number of aryl methyl sites for hydroxylation is 2. The van der Waals surface area contributed by atoms with Gasteiger partial charge in [0.25, 0.3) is 0 Å². The first-order valence-corrected chi connectivity index (χ1v) is 5.88. The fraction of sp³-hybridized carbons (Fsp3) is 0.231. The molecule has 0 saturated carbocycles. The lowest BCUT2D eigenvalue weighted by molar-refractivity contribution is 0.772. The van der Waals surface area contributed by atoms with Gasteiger partial charge < -0.3 is 0 Å². The molecule has 3 nitrogen and oxygen atoms in total. The molecule has 0 aliphatic heterocycles. The van der Waals surface area contributed by atoms with Gasteiger partial charge in [0.15, 0.2) is 0 Å². The average molecular weight is 249 g/mol. The molecule has 1 aromatic heterocycles. The molecule has 0 aliphatic carbocycles. The van der Waals surface area contributed by atoms with Crippen LogP contribution in [0.4, 0.5) is 0 Å². The SMILES string of the molecule is Cc1cccc(-n2nc(CCl)c(=O)cc2C)c1. The van der Waals surface area contributed by atoms with Gasteiger partial charge in [-0.15, -0.1) is 11.6 Å². The van der Waals surface area contributed by atoms with Crippen molar-refractivity contribution in [2.75, 3.05) is 0 Å². The van der Waals surface area contributed by atoms with Crippen LogP contribution < -0.4 is 5.43 Å². The molecule has 0 amide bonds. The quantitative estimate of drug-likeness (QED) is 0.766. The van der Waals surface area contributed by atoms with Crippen LogP contribution >= 0.6 is 11.6 Å². The number of nitrogens with zero attached hydrogens (tertiary/aromatic N) is 2. The number of alkyl halides is 1. The summed E-state index contributed by atoms with van der Waals surface area (Å²) in [5.74, 6) is 0.130. The van der Waals surface area contributed by atoms with Gasteiger partial charge in [0, 0.05) is 11.8 Å². The number of hydrogen-bond acceptors (Lipinski definition) is 2. The summed E-state index contributed by atoms with van der Waals surface area (Å²) in [5, 5.41) is 4.27. The van der Waals surface area contributed by atoms with E-state index in [-0.39, 0.29) is 11.3 Å². The molecule has 0 aliphatic rings. The minimum atomic E-state index is -0.110. The Morgan fingerprint density at radius 2 is 2.06 bits per heavy atom. The minimum Gasteiger partial charge on any atom is -0.288 e. The molecule has 2 rings (SSSR count). The maximum Gasteiger partial charge on any atom is 0.204 e. The monoisotopic (exact) mass is 248 g/mol. The normalized spacial score (nSPS) is 10.5. The van der Waals surface area contributed by atoms with Gasteiger partial charge in [-0.05, 0) is 31.5 Å². The molecular formula is C13H13ClN2O. The molecule has 1 heterocycles. The van der Waals surface area contributed by atoms with Crippen LogP contribution in [0.3, 0.4) is 0 Å². The summed E-state index contributed by atoms with van der Waals surface area (Å²) in [4.78, 5) is 11.6. The lowest BCUT2D eigenvalue weighted by Gasteiger charge is -2.10. The number of hydrogen-bond donors (Lipinski definition) is 0. The van der Waals surface area contributed by atoms with Crippen molar-refractivity contribution in [1.29, 1.82) is 0 Å². The third-order valence-electron chi connectivity index (χ3n) is 2.55. The topological polar surface area (TPSA) is 34.9 Å². The highest BCUT2D eigenvalue weighted by atomic mass is 35.5. The zero-order valence-corrected chi connectivity index (χ0v) is 10.5. The molecule has 0 atom stereocenters. The Labute approximate surface area is 105 Å². The van der Waals surface area contributed by atoms with E-state index in [1.165, 1.54) is 0 Å². The van der Waals surface area contributed by atoms with E-state index in [1.54, 1.807) is 10.7 Å². The largest absolute Gasteiger partial charge is 0.288 e. The van der Waals surface area contributed by atoms with Gasteiger partial charge in [-0.2, -0.15) is 5.10 Å². The van der Waals surface area contributed by atoms with Gasteiger partial charge in [0.1, 0.15) is 5.69 Å². The summed E-state index contributed by atoms with van der Waals surface area (Å²) < 4.78 is 1.74. The summed E-state index contributed by atoms with van der Waals surface area (Å²) in [6, 6.07) is 9.51. The summed E-state index contributed by atoms with van der Waals surface area (Å²) in [7, 11) is 0. The first-order valence-electron chi connectivity index (χ1n) is 5.34. The second kappa shape index (κ2) is 4.72. The summed E-state index contributed by atoms with van der Waals surface area (Å²) in [6.07, 6.45) is 0. The first-order chi connectivity index (χ1) is 8.11. The van der Waals surface area contributed by atoms with Gasteiger partial charge in [-0.1, -0.05) is 12.1 Å². The molecule has 17 heavy (non-hydrogen) atoms. The van der Waals surface area contributed by atoms with Crippen LogP contribution in [0, 0.1) is 13.8 Å². The molecule has 0 fully saturated rings. The van der Waals surface area contributed by atoms with Crippen LogP contribution in [-0.2, 0) is 5.88 Å². The van der Waals surface area contributed by atoms with Crippen LogP contribution in [0.1, 0.15) is 17.0 Å². The van der Waals surface area contributed by atoms with Crippen molar-refractivity contribution in [2.24, 2.45) is 0 Å². The highest BCUT2D eigenvalue weighted by Gasteiger charge is 2.06. The van der Waals surface area contributed by atoms with Gasteiger partial charge in [0.05, 0.1) is 11.6 Å². The molecule has 0 bridgehead atoms. The molecule has 0 saturated heterocycles. The fourth-order valence-corrected chi connectivity index (χ4v) is 1.88. The van der Waals surface area contributed by atoms with Gasteiger partial charge >= 0.3 is 0 Å². The maximum atomic E-state index is 11.6.